The van der Waals surface area contributed by atoms with Gasteiger partial charge in [0.15, 0.2) is 0 Å². The molecule has 2 aromatic carbocycles. The molecule has 1 aliphatic heterocycles. The highest BCUT2D eigenvalue weighted by Crippen LogP contribution is 2.29. The zero-order chi connectivity index (χ0) is 24.8. The molecule has 1 N–H and O–H groups in total. The van der Waals surface area contributed by atoms with Crippen molar-refractivity contribution >= 4 is 11.8 Å². The molecule has 7 nitrogen and oxygen atoms in total. The minimum Gasteiger partial charge on any atom is -0.439 e. The van der Waals surface area contributed by atoms with Gasteiger partial charge in [-0.1, -0.05) is 48.5 Å². The van der Waals surface area contributed by atoms with Crippen molar-refractivity contribution in [3.8, 4) is 11.6 Å². The number of hydrogen-bond acceptors (Lipinski definition) is 5. The van der Waals surface area contributed by atoms with Crippen molar-refractivity contribution in [2.24, 2.45) is 0 Å². The third-order valence-electron chi connectivity index (χ3n) is 6.16. The van der Waals surface area contributed by atoms with Crippen molar-refractivity contribution in [2.75, 3.05) is 13.1 Å². The third-order valence-corrected chi connectivity index (χ3v) is 6.16. The monoisotopic (exact) mass is 472 g/mol. The first-order chi connectivity index (χ1) is 16.8. The maximum atomic E-state index is 13.2. The summed E-state index contributed by atoms with van der Waals surface area (Å²) in [6, 6.07) is 20.9. The van der Waals surface area contributed by atoms with Gasteiger partial charge in [-0.25, -0.2) is 4.98 Å². The molecule has 0 bridgehead atoms. The Kier molecular flexibility index (Phi) is 7.44. The number of amides is 2. The Balaban J connectivity index is 1.34. The Bertz CT molecular complexity index is 1160. The lowest BCUT2D eigenvalue weighted by Crippen LogP contribution is -2.57. The number of aromatic nitrogens is 2. The van der Waals surface area contributed by atoms with Crippen LogP contribution in [0.15, 0.2) is 66.7 Å². The van der Waals surface area contributed by atoms with Crippen molar-refractivity contribution in [2.45, 2.75) is 51.5 Å². The predicted molar refractivity (Wildman–Crippen MR) is 134 cm³/mol. The number of hydrogen-bond donors (Lipinski definition) is 1. The van der Waals surface area contributed by atoms with Crippen molar-refractivity contribution in [3.05, 3.63) is 83.8 Å². The highest BCUT2D eigenvalue weighted by atomic mass is 16.5. The lowest BCUT2D eigenvalue weighted by molar-refractivity contribution is -0.141. The van der Waals surface area contributed by atoms with Gasteiger partial charge in [0.1, 0.15) is 17.1 Å². The fraction of sp³-hybridized carbons (Fsp3) is 0.357. The van der Waals surface area contributed by atoms with E-state index in [0.717, 1.165) is 35.7 Å². The first kappa shape index (κ1) is 24.4. The molecule has 1 fully saturated rings. The molecule has 0 unspecified atom stereocenters. The van der Waals surface area contributed by atoms with Gasteiger partial charge in [-0.3, -0.25) is 9.59 Å². The number of rotatable bonds is 7. The Labute approximate surface area is 206 Å². The lowest BCUT2D eigenvalue weighted by Gasteiger charge is -2.37. The first-order valence-electron chi connectivity index (χ1n) is 12.0. The largest absolute Gasteiger partial charge is 0.439 e. The maximum absolute atomic E-state index is 13.2. The summed E-state index contributed by atoms with van der Waals surface area (Å²) < 4.78 is 5.92. The number of carbonyl (C=O) groups is 2. The summed E-state index contributed by atoms with van der Waals surface area (Å²) in [5.41, 5.74) is 0.791. The van der Waals surface area contributed by atoms with E-state index in [9.17, 15) is 9.59 Å². The molecule has 35 heavy (non-hydrogen) atoms. The molecule has 182 valence electrons. The van der Waals surface area contributed by atoms with Gasteiger partial charge in [0.2, 0.25) is 17.7 Å². The van der Waals surface area contributed by atoms with Gasteiger partial charge >= 0.3 is 0 Å². The average Bonchev–Trinajstić information content (AvgIpc) is 2.84. The van der Waals surface area contributed by atoms with Crippen LogP contribution < -0.4 is 10.1 Å². The van der Waals surface area contributed by atoms with Crippen LogP contribution in [0.3, 0.4) is 0 Å². The quantitative estimate of drug-likeness (QED) is 0.550. The molecule has 3 aromatic rings. The van der Waals surface area contributed by atoms with Crippen molar-refractivity contribution in [1.29, 1.82) is 0 Å². The van der Waals surface area contributed by atoms with Gasteiger partial charge in [0, 0.05) is 30.8 Å². The molecule has 0 aliphatic carbocycles. The Morgan fingerprint density at radius 3 is 2.29 bits per heavy atom. The summed E-state index contributed by atoms with van der Waals surface area (Å²) in [6.07, 6.45) is 1.76. The summed E-state index contributed by atoms with van der Waals surface area (Å²) >= 11 is 0. The average molecular weight is 473 g/mol. The number of para-hydroxylation sites is 1. The minimum absolute atomic E-state index is 0.0735. The van der Waals surface area contributed by atoms with E-state index in [1.165, 1.54) is 0 Å². The third kappa shape index (κ3) is 6.44. The zero-order valence-corrected chi connectivity index (χ0v) is 20.5. The highest BCUT2D eigenvalue weighted by Gasteiger charge is 2.36. The van der Waals surface area contributed by atoms with Crippen molar-refractivity contribution in [3.63, 3.8) is 0 Å². The maximum Gasteiger partial charge on any atom is 0.247 e. The number of nitrogens with one attached hydrogen (secondary N) is 1. The number of nitrogens with zero attached hydrogens (tertiary/aromatic N) is 3. The van der Waals surface area contributed by atoms with E-state index >= 15 is 0 Å². The molecule has 4 rings (SSSR count). The van der Waals surface area contributed by atoms with Gasteiger partial charge in [0.05, 0.1) is 6.42 Å². The predicted octanol–water partition coefficient (Wildman–Crippen LogP) is 4.42. The van der Waals surface area contributed by atoms with E-state index in [1.54, 1.807) is 13.8 Å². The van der Waals surface area contributed by atoms with Crippen LogP contribution in [0.25, 0.3) is 0 Å². The van der Waals surface area contributed by atoms with Gasteiger partial charge in [-0.15, -0.1) is 0 Å². The molecular formula is C28H32N4O3. The zero-order valence-electron chi connectivity index (χ0n) is 20.5. The van der Waals surface area contributed by atoms with Crippen LogP contribution in [0, 0.1) is 6.92 Å². The van der Waals surface area contributed by atoms with Crippen LogP contribution in [0.5, 0.6) is 11.6 Å². The number of likely N-dealkylation sites (tertiary alicyclic amines) is 1. The number of carbonyl (C=O) groups excluding carboxylic acids is 2. The fourth-order valence-corrected chi connectivity index (χ4v) is 4.37. The first-order valence-corrected chi connectivity index (χ1v) is 12.0. The van der Waals surface area contributed by atoms with Gasteiger partial charge in [-0.05, 0) is 51.3 Å². The molecule has 0 radical (unpaired) electrons. The molecule has 1 aromatic heterocycles. The summed E-state index contributed by atoms with van der Waals surface area (Å²) in [5, 5.41) is 2.91. The van der Waals surface area contributed by atoms with E-state index < -0.39 is 5.54 Å². The second kappa shape index (κ2) is 10.7. The van der Waals surface area contributed by atoms with Crippen LogP contribution in [-0.2, 0) is 16.0 Å². The smallest absolute Gasteiger partial charge is 0.247 e. The SMILES string of the molecule is Cc1cc(Oc2ccccc2)nc(C2CCN(C(=O)C(C)(C)NC(=O)Cc3ccccc3)CC2)n1. The van der Waals surface area contributed by atoms with Gasteiger partial charge in [0.25, 0.3) is 0 Å². The van der Waals surface area contributed by atoms with Crippen molar-refractivity contribution in [1.82, 2.24) is 20.2 Å². The minimum atomic E-state index is -0.977. The second-order valence-electron chi connectivity index (χ2n) is 9.52. The molecule has 1 aliphatic rings. The highest BCUT2D eigenvalue weighted by molar-refractivity contribution is 5.91. The Hall–Kier alpha value is -3.74. The number of piperidine rings is 1. The molecule has 2 amide bonds. The number of benzene rings is 2. The van der Waals surface area contributed by atoms with E-state index in [4.69, 9.17) is 4.74 Å². The van der Waals surface area contributed by atoms with Crippen LogP contribution in [0.2, 0.25) is 0 Å². The summed E-state index contributed by atoms with van der Waals surface area (Å²) in [5.74, 6) is 1.92. The molecule has 7 heteroatoms. The van der Waals surface area contributed by atoms with Crippen LogP contribution in [0.1, 0.15) is 49.7 Å². The Morgan fingerprint density at radius 1 is 1.00 bits per heavy atom. The standard InChI is InChI=1S/C28H32N4O3/c1-20-18-25(35-23-12-8-5-9-13-23)30-26(29-20)22-14-16-32(17-15-22)27(34)28(2,3)31-24(33)19-21-10-6-4-7-11-21/h4-13,18,22H,14-17,19H2,1-3H3,(H,31,33). The molecule has 0 saturated carbocycles. The van der Waals surface area contributed by atoms with Crippen LogP contribution in [-0.4, -0.2) is 45.3 Å². The summed E-state index contributed by atoms with van der Waals surface area (Å²) in [6.45, 7) is 6.64. The van der Waals surface area contributed by atoms with Crippen LogP contribution in [0.4, 0.5) is 0 Å². The summed E-state index contributed by atoms with van der Waals surface area (Å²) in [4.78, 5) is 36.9. The van der Waals surface area contributed by atoms with Gasteiger partial charge in [-0.2, -0.15) is 4.98 Å². The van der Waals surface area contributed by atoms with E-state index in [2.05, 4.69) is 15.3 Å². The normalized spacial score (nSPS) is 14.4. The second-order valence-corrected chi connectivity index (χ2v) is 9.52. The fourth-order valence-electron chi connectivity index (χ4n) is 4.37. The Morgan fingerprint density at radius 2 is 1.63 bits per heavy atom. The van der Waals surface area contributed by atoms with Crippen molar-refractivity contribution < 1.29 is 14.3 Å². The van der Waals surface area contributed by atoms with E-state index in [0.29, 0.717) is 19.0 Å². The summed E-state index contributed by atoms with van der Waals surface area (Å²) in [7, 11) is 0. The lowest BCUT2D eigenvalue weighted by atomic mass is 9.93. The number of ether oxygens (including phenoxy) is 1. The van der Waals surface area contributed by atoms with Crippen LogP contribution >= 0.6 is 0 Å². The van der Waals surface area contributed by atoms with E-state index in [-0.39, 0.29) is 24.2 Å². The van der Waals surface area contributed by atoms with E-state index in [1.807, 2.05) is 78.6 Å². The number of aryl methyl sites for hydroxylation is 1. The molecular weight excluding hydrogens is 440 g/mol. The molecule has 0 atom stereocenters. The molecule has 1 saturated heterocycles. The van der Waals surface area contributed by atoms with Gasteiger partial charge < -0.3 is 15.0 Å². The molecule has 2 heterocycles. The molecule has 0 spiro atoms. The topological polar surface area (TPSA) is 84.4 Å².